The number of alkyl halides is 6. The fourth-order valence-electron chi connectivity index (χ4n) is 1.19. The van der Waals surface area contributed by atoms with Crippen LogP contribution in [0.2, 0.25) is 0 Å². The fraction of sp³-hybridized carbons (Fsp3) is 0.300. The van der Waals surface area contributed by atoms with Crippen molar-refractivity contribution in [1.29, 1.82) is 0 Å². The Morgan fingerprint density at radius 3 is 2.16 bits per heavy atom. The van der Waals surface area contributed by atoms with Crippen molar-refractivity contribution in [3.05, 3.63) is 23.8 Å². The van der Waals surface area contributed by atoms with E-state index in [1.165, 1.54) is 5.32 Å². The smallest absolute Gasteiger partial charge is 0.471 e. The van der Waals surface area contributed by atoms with Crippen molar-refractivity contribution < 1.29 is 35.9 Å². The van der Waals surface area contributed by atoms with Gasteiger partial charge < -0.3 is 10.1 Å². The Hall–Kier alpha value is -1.93. The molecular weight excluding hydrogens is 280 g/mol. The number of methoxy groups -OCH3 is 1. The van der Waals surface area contributed by atoms with Crippen molar-refractivity contribution >= 4 is 11.6 Å². The summed E-state index contributed by atoms with van der Waals surface area (Å²) in [5.74, 6) is -2.68. The first-order valence-corrected chi connectivity index (χ1v) is 4.69. The van der Waals surface area contributed by atoms with Crippen molar-refractivity contribution in [3.8, 4) is 5.75 Å². The fourth-order valence-corrected chi connectivity index (χ4v) is 1.19. The van der Waals surface area contributed by atoms with Crippen molar-refractivity contribution in [2.24, 2.45) is 0 Å². The number of ether oxygens (including phenoxy) is 1. The van der Waals surface area contributed by atoms with Crippen LogP contribution < -0.4 is 10.1 Å². The van der Waals surface area contributed by atoms with Gasteiger partial charge in [0.1, 0.15) is 5.75 Å². The molecule has 1 amide bonds. The van der Waals surface area contributed by atoms with E-state index in [0.29, 0.717) is 12.1 Å². The lowest BCUT2D eigenvalue weighted by atomic mass is 10.1. The van der Waals surface area contributed by atoms with Gasteiger partial charge in [-0.05, 0) is 18.2 Å². The number of carbonyl (C=O) groups excluding carboxylic acids is 1. The van der Waals surface area contributed by atoms with Crippen LogP contribution in [0.4, 0.5) is 32.0 Å². The molecule has 1 aromatic rings. The van der Waals surface area contributed by atoms with E-state index in [9.17, 15) is 31.1 Å². The van der Waals surface area contributed by atoms with Gasteiger partial charge in [0.2, 0.25) is 0 Å². The van der Waals surface area contributed by atoms with Gasteiger partial charge in [-0.15, -0.1) is 0 Å². The first-order chi connectivity index (χ1) is 8.55. The van der Waals surface area contributed by atoms with E-state index in [1.54, 1.807) is 0 Å². The van der Waals surface area contributed by atoms with Crippen LogP contribution in [0.15, 0.2) is 18.2 Å². The highest BCUT2D eigenvalue weighted by atomic mass is 19.4. The maximum atomic E-state index is 12.6. The predicted molar refractivity (Wildman–Crippen MR) is 52.7 cm³/mol. The number of benzene rings is 1. The Bertz CT molecular complexity index is 480. The van der Waals surface area contributed by atoms with Crippen LogP contribution in [-0.2, 0) is 11.0 Å². The number of carbonyl (C=O) groups is 1. The third-order valence-corrected chi connectivity index (χ3v) is 2.04. The summed E-state index contributed by atoms with van der Waals surface area (Å²) in [6.45, 7) is 0. The summed E-state index contributed by atoms with van der Waals surface area (Å²) in [5, 5.41) is 1.17. The Morgan fingerprint density at radius 1 is 1.16 bits per heavy atom. The van der Waals surface area contributed by atoms with Crippen molar-refractivity contribution in [2.75, 3.05) is 12.4 Å². The van der Waals surface area contributed by atoms with Gasteiger partial charge in [-0.25, -0.2) is 0 Å². The summed E-state index contributed by atoms with van der Waals surface area (Å²) in [5.41, 5.74) is -2.42. The van der Waals surface area contributed by atoms with Crippen molar-refractivity contribution in [3.63, 3.8) is 0 Å². The number of hydrogen-bond donors (Lipinski definition) is 1. The predicted octanol–water partition coefficient (Wildman–Crippen LogP) is 3.21. The van der Waals surface area contributed by atoms with Gasteiger partial charge in [0, 0.05) is 0 Å². The lowest BCUT2D eigenvalue weighted by Crippen LogP contribution is -2.30. The summed E-state index contributed by atoms with van der Waals surface area (Å²) < 4.78 is 78.4. The van der Waals surface area contributed by atoms with E-state index in [1.807, 2.05) is 0 Å². The molecule has 0 aliphatic rings. The normalized spacial score (nSPS) is 12.2. The quantitative estimate of drug-likeness (QED) is 0.848. The molecule has 9 heteroatoms. The minimum atomic E-state index is -5.28. The molecule has 1 N–H and O–H groups in total. The Labute approximate surface area is 103 Å². The van der Waals surface area contributed by atoms with Gasteiger partial charge in [0.15, 0.2) is 0 Å². The molecule has 0 saturated carbocycles. The number of anilines is 1. The topological polar surface area (TPSA) is 38.3 Å². The van der Waals surface area contributed by atoms with Crippen molar-refractivity contribution in [1.82, 2.24) is 0 Å². The molecule has 0 unspecified atom stereocenters. The van der Waals surface area contributed by atoms with E-state index in [2.05, 4.69) is 4.74 Å². The average molecular weight is 287 g/mol. The summed E-state index contributed by atoms with van der Waals surface area (Å²) in [4.78, 5) is 10.6. The molecule has 0 spiro atoms. The number of halogens is 6. The van der Waals surface area contributed by atoms with Gasteiger partial charge in [-0.1, -0.05) is 0 Å². The van der Waals surface area contributed by atoms with Crippen LogP contribution in [0.25, 0.3) is 0 Å². The first-order valence-electron chi connectivity index (χ1n) is 4.69. The van der Waals surface area contributed by atoms with Gasteiger partial charge >= 0.3 is 18.3 Å². The molecule has 0 fully saturated rings. The molecule has 0 aliphatic carbocycles. The highest BCUT2D eigenvalue weighted by Crippen LogP contribution is 2.37. The molecule has 1 rings (SSSR count). The highest BCUT2D eigenvalue weighted by molar-refractivity contribution is 5.95. The maximum absolute atomic E-state index is 12.6. The second kappa shape index (κ2) is 4.98. The number of nitrogens with one attached hydrogen (secondary N) is 1. The van der Waals surface area contributed by atoms with Crippen LogP contribution in [-0.4, -0.2) is 19.2 Å². The van der Waals surface area contributed by atoms with Crippen molar-refractivity contribution in [2.45, 2.75) is 12.4 Å². The Balaban J connectivity index is 3.18. The van der Waals surface area contributed by atoms with Crippen LogP contribution in [0.1, 0.15) is 5.56 Å². The zero-order valence-electron chi connectivity index (χ0n) is 9.32. The molecule has 0 saturated heterocycles. The monoisotopic (exact) mass is 287 g/mol. The zero-order chi connectivity index (χ0) is 14.8. The lowest BCUT2D eigenvalue weighted by Gasteiger charge is -2.15. The molecule has 3 nitrogen and oxygen atoms in total. The van der Waals surface area contributed by atoms with Crippen LogP contribution >= 0.6 is 0 Å². The standard InChI is InChI=1S/C10H7F6NO2/c1-19-5-2-3-7(6(4-5)9(11,12)13)17-8(18)10(14,15)16/h2-4H,1H3,(H,17,18). The summed E-state index contributed by atoms with van der Waals surface area (Å²) >= 11 is 0. The van der Waals surface area contributed by atoms with Crippen LogP contribution in [0.5, 0.6) is 5.75 Å². The van der Waals surface area contributed by atoms with Gasteiger partial charge in [-0.3, -0.25) is 4.79 Å². The molecule has 106 valence electrons. The van der Waals surface area contributed by atoms with E-state index >= 15 is 0 Å². The van der Waals surface area contributed by atoms with Crippen LogP contribution in [0.3, 0.4) is 0 Å². The minimum absolute atomic E-state index is 0.197. The second-order valence-corrected chi connectivity index (χ2v) is 3.36. The van der Waals surface area contributed by atoms with E-state index in [-0.39, 0.29) is 5.75 Å². The van der Waals surface area contributed by atoms with Gasteiger partial charge in [0.05, 0.1) is 18.4 Å². The molecule has 19 heavy (non-hydrogen) atoms. The molecule has 0 radical (unpaired) electrons. The first kappa shape index (κ1) is 15.1. The Morgan fingerprint density at radius 2 is 1.74 bits per heavy atom. The highest BCUT2D eigenvalue weighted by Gasteiger charge is 2.41. The molecule has 0 aliphatic heterocycles. The lowest BCUT2D eigenvalue weighted by molar-refractivity contribution is -0.167. The largest absolute Gasteiger partial charge is 0.497 e. The van der Waals surface area contributed by atoms with E-state index < -0.39 is 29.5 Å². The van der Waals surface area contributed by atoms with E-state index in [4.69, 9.17) is 0 Å². The minimum Gasteiger partial charge on any atom is -0.497 e. The summed E-state index contributed by atoms with van der Waals surface area (Å²) in [6.07, 6.45) is -10.2. The van der Waals surface area contributed by atoms with Crippen LogP contribution in [0, 0.1) is 0 Å². The number of rotatable bonds is 2. The molecule has 0 bridgehead atoms. The summed E-state index contributed by atoms with van der Waals surface area (Å²) in [6, 6.07) is 2.18. The Kier molecular flexibility index (Phi) is 3.97. The SMILES string of the molecule is COc1ccc(NC(=O)C(F)(F)F)c(C(F)(F)F)c1. The molecule has 1 aromatic carbocycles. The molecular formula is C10H7F6NO2. The molecule has 0 aromatic heterocycles. The number of hydrogen-bond acceptors (Lipinski definition) is 2. The maximum Gasteiger partial charge on any atom is 0.471 e. The molecule has 0 heterocycles. The number of amides is 1. The second-order valence-electron chi connectivity index (χ2n) is 3.36. The summed E-state index contributed by atoms with van der Waals surface area (Å²) in [7, 11) is 1.10. The third-order valence-electron chi connectivity index (χ3n) is 2.04. The molecule has 0 atom stereocenters. The van der Waals surface area contributed by atoms with Gasteiger partial charge in [0.25, 0.3) is 0 Å². The zero-order valence-corrected chi connectivity index (χ0v) is 9.32. The van der Waals surface area contributed by atoms with E-state index in [0.717, 1.165) is 13.2 Å². The average Bonchev–Trinajstić information content (AvgIpc) is 2.26. The third kappa shape index (κ3) is 3.76. The van der Waals surface area contributed by atoms with Gasteiger partial charge in [-0.2, -0.15) is 26.3 Å².